The molecule has 0 aliphatic carbocycles. The van der Waals surface area contributed by atoms with Crippen LogP contribution in [0.3, 0.4) is 0 Å². The first-order chi connectivity index (χ1) is 10.1. The highest BCUT2D eigenvalue weighted by atomic mass is 35.5. The summed E-state index contributed by atoms with van der Waals surface area (Å²) in [5.74, 6) is 0.0343. The fourth-order valence-corrected chi connectivity index (χ4v) is 2.25. The van der Waals surface area contributed by atoms with Crippen LogP contribution in [0.4, 0.5) is 4.39 Å². The van der Waals surface area contributed by atoms with Crippen molar-refractivity contribution in [2.45, 2.75) is 0 Å². The highest BCUT2D eigenvalue weighted by molar-refractivity contribution is 6.34. The number of benzene rings is 2. The number of aromatic hydroxyl groups is 1. The molecule has 0 aliphatic heterocycles. The van der Waals surface area contributed by atoms with E-state index in [0.717, 1.165) is 0 Å². The van der Waals surface area contributed by atoms with Crippen molar-refractivity contribution in [3.63, 3.8) is 0 Å². The van der Waals surface area contributed by atoms with Crippen LogP contribution in [0.15, 0.2) is 36.4 Å². The summed E-state index contributed by atoms with van der Waals surface area (Å²) >= 11 is 6.10. The first kappa shape index (κ1) is 13.6. The molecule has 3 aromatic rings. The van der Waals surface area contributed by atoms with Gasteiger partial charge >= 0.3 is 0 Å². The zero-order valence-corrected chi connectivity index (χ0v) is 11.7. The molecule has 0 aliphatic rings. The van der Waals surface area contributed by atoms with Crippen LogP contribution < -0.4 is 4.74 Å². The molecule has 3 rings (SSSR count). The summed E-state index contributed by atoms with van der Waals surface area (Å²) in [4.78, 5) is 8.47. The Balaban J connectivity index is 2.17. The Kier molecular flexibility index (Phi) is 3.35. The van der Waals surface area contributed by atoms with Crippen molar-refractivity contribution in [3.8, 4) is 22.9 Å². The van der Waals surface area contributed by atoms with Gasteiger partial charge in [-0.1, -0.05) is 11.6 Å². The van der Waals surface area contributed by atoms with Gasteiger partial charge in [0, 0.05) is 10.9 Å². The van der Waals surface area contributed by atoms with Gasteiger partial charge < -0.3 is 9.84 Å². The number of ether oxygens (including phenoxy) is 1. The fourth-order valence-electron chi connectivity index (χ4n) is 2.01. The minimum absolute atomic E-state index is 0.0799. The molecule has 4 nitrogen and oxygen atoms in total. The van der Waals surface area contributed by atoms with Crippen LogP contribution in [0.2, 0.25) is 5.15 Å². The Bertz CT molecular complexity index is 839. The molecule has 0 spiro atoms. The van der Waals surface area contributed by atoms with E-state index in [2.05, 4.69) is 9.97 Å². The van der Waals surface area contributed by atoms with E-state index in [0.29, 0.717) is 22.3 Å². The molecular formula is C15H10ClFN2O2. The van der Waals surface area contributed by atoms with E-state index in [1.807, 2.05) is 0 Å². The molecule has 1 aromatic heterocycles. The SMILES string of the molecule is COc1ccc(-c2nc(Cl)c3cc(O)ccc3n2)cc1F. The Morgan fingerprint density at radius 1 is 1.14 bits per heavy atom. The summed E-state index contributed by atoms with van der Waals surface area (Å²) in [6, 6.07) is 9.06. The van der Waals surface area contributed by atoms with Gasteiger partial charge in [0.2, 0.25) is 0 Å². The first-order valence-corrected chi connectivity index (χ1v) is 6.46. The summed E-state index contributed by atoms with van der Waals surface area (Å²) < 4.78 is 18.6. The maximum atomic E-state index is 13.8. The normalized spacial score (nSPS) is 10.8. The summed E-state index contributed by atoms with van der Waals surface area (Å²) in [7, 11) is 1.40. The van der Waals surface area contributed by atoms with Crippen LogP contribution >= 0.6 is 11.6 Å². The first-order valence-electron chi connectivity index (χ1n) is 6.08. The smallest absolute Gasteiger partial charge is 0.165 e. The van der Waals surface area contributed by atoms with Crippen molar-refractivity contribution in [3.05, 3.63) is 47.4 Å². The standard InChI is InChI=1S/C15H10ClFN2O2/c1-21-13-5-2-8(6-11(13)17)15-18-12-4-3-9(20)7-10(12)14(16)19-15/h2-7,20H,1H3. The molecule has 0 fully saturated rings. The molecule has 21 heavy (non-hydrogen) atoms. The lowest BCUT2D eigenvalue weighted by Gasteiger charge is -2.07. The molecule has 2 aromatic carbocycles. The molecule has 0 saturated heterocycles. The lowest BCUT2D eigenvalue weighted by Crippen LogP contribution is -1.94. The molecule has 0 saturated carbocycles. The van der Waals surface area contributed by atoms with Gasteiger partial charge in [0.25, 0.3) is 0 Å². The molecule has 106 valence electrons. The molecule has 0 bridgehead atoms. The van der Waals surface area contributed by atoms with Gasteiger partial charge in [-0.3, -0.25) is 0 Å². The molecule has 0 unspecified atom stereocenters. The van der Waals surface area contributed by atoms with Crippen molar-refractivity contribution in [1.29, 1.82) is 0 Å². The van der Waals surface area contributed by atoms with Gasteiger partial charge in [0.1, 0.15) is 10.9 Å². The van der Waals surface area contributed by atoms with Gasteiger partial charge in [0.05, 0.1) is 12.6 Å². The number of halogens is 2. The van der Waals surface area contributed by atoms with Crippen molar-refractivity contribution in [2.75, 3.05) is 7.11 Å². The Labute approximate surface area is 124 Å². The number of aromatic nitrogens is 2. The molecule has 0 radical (unpaired) electrons. The summed E-state index contributed by atoms with van der Waals surface area (Å²) in [5, 5.41) is 10.2. The molecular weight excluding hydrogens is 295 g/mol. The van der Waals surface area contributed by atoms with Gasteiger partial charge in [-0.05, 0) is 36.4 Å². The second-order valence-corrected chi connectivity index (χ2v) is 4.75. The average Bonchev–Trinajstić information content (AvgIpc) is 2.47. The van der Waals surface area contributed by atoms with E-state index < -0.39 is 5.82 Å². The number of hydrogen-bond donors (Lipinski definition) is 1. The number of methoxy groups -OCH3 is 1. The fraction of sp³-hybridized carbons (Fsp3) is 0.0667. The molecule has 0 atom stereocenters. The average molecular weight is 305 g/mol. The maximum absolute atomic E-state index is 13.8. The minimum Gasteiger partial charge on any atom is -0.508 e. The van der Waals surface area contributed by atoms with Crippen molar-refractivity contribution in [1.82, 2.24) is 9.97 Å². The largest absolute Gasteiger partial charge is 0.508 e. The number of fused-ring (bicyclic) bond motifs is 1. The van der Waals surface area contributed by atoms with E-state index in [1.165, 1.54) is 31.4 Å². The quantitative estimate of drug-likeness (QED) is 0.732. The van der Waals surface area contributed by atoms with Gasteiger partial charge in [-0.15, -0.1) is 0 Å². The van der Waals surface area contributed by atoms with E-state index in [1.54, 1.807) is 12.1 Å². The maximum Gasteiger partial charge on any atom is 0.165 e. The van der Waals surface area contributed by atoms with Gasteiger partial charge in [0.15, 0.2) is 17.4 Å². The van der Waals surface area contributed by atoms with Crippen LogP contribution in [-0.4, -0.2) is 22.2 Å². The van der Waals surface area contributed by atoms with Crippen molar-refractivity contribution in [2.24, 2.45) is 0 Å². The molecule has 6 heteroatoms. The van der Waals surface area contributed by atoms with Crippen LogP contribution in [-0.2, 0) is 0 Å². The Hall–Kier alpha value is -2.40. The Morgan fingerprint density at radius 2 is 1.95 bits per heavy atom. The predicted molar refractivity (Wildman–Crippen MR) is 78.2 cm³/mol. The van der Waals surface area contributed by atoms with Crippen molar-refractivity contribution < 1.29 is 14.2 Å². The van der Waals surface area contributed by atoms with E-state index in [4.69, 9.17) is 16.3 Å². The zero-order valence-electron chi connectivity index (χ0n) is 11.0. The number of nitrogens with zero attached hydrogens (tertiary/aromatic N) is 2. The molecule has 1 N–H and O–H groups in total. The summed E-state index contributed by atoms with van der Waals surface area (Å²) in [5.41, 5.74) is 1.06. The number of phenolic OH excluding ortho intramolecular Hbond substituents is 1. The lowest BCUT2D eigenvalue weighted by molar-refractivity contribution is 0.386. The highest BCUT2D eigenvalue weighted by Crippen LogP contribution is 2.29. The molecule has 1 heterocycles. The topological polar surface area (TPSA) is 55.2 Å². The summed E-state index contributed by atoms with van der Waals surface area (Å²) in [6.45, 7) is 0. The third-order valence-corrected chi connectivity index (χ3v) is 3.33. The second-order valence-electron chi connectivity index (χ2n) is 4.39. The third-order valence-electron chi connectivity index (χ3n) is 3.04. The van der Waals surface area contributed by atoms with E-state index >= 15 is 0 Å². The van der Waals surface area contributed by atoms with Crippen molar-refractivity contribution >= 4 is 22.5 Å². The molecule has 0 amide bonds. The zero-order chi connectivity index (χ0) is 15.0. The van der Waals surface area contributed by atoms with Crippen LogP contribution in [0.1, 0.15) is 0 Å². The third kappa shape index (κ3) is 2.48. The highest BCUT2D eigenvalue weighted by Gasteiger charge is 2.11. The van der Waals surface area contributed by atoms with E-state index in [-0.39, 0.29) is 16.7 Å². The van der Waals surface area contributed by atoms with E-state index in [9.17, 15) is 9.50 Å². The van der Waals surface area contributed by atoms with Crippen LogP contribution in [0, 0.1) is 5.82 Å². The Morgan fingerprint density at radius 3 is 2.67 bits per heavy atom. The monoisotopic (exact) mass is 304 g/mol. The lowest BCUT2D eigenvalue weighted by atomic mass is 10.1. The van der Waals surface area contributed by atoms with Crippen LogP contribution in [0.25, 0.3) is 22.3 Å². The second kappa shape index (κ2) is 5.18. The number of phenols is 1. The van der Waals surface area contributed by atoms with Crippen LogP contribution in [0.5, 0.6) is 11.5 Å². The summed E-state index contributed by atoms with van der Waals surface area (Å²) in [6.07, 6.45) is 0. The minimum atomic E-state index is -0.500. The number of rotatable bonds is 2. The number of hydrogen-bond acceptors (Lipinski definition) is 4. The predicted octanol–water partition coefficient (Wildman–Crippen LogP) is 3.80. The van der Waals surface area contributed by atoms with Gasteiger partial charge in [-0.25, -0.2) is 14.4 Å². The van der Waals surface area contributed by atoms with Gasteiger partial charge in [-0.2, -0.15) is 0 Å².